The minimum absolute atomic E-state index is 0.321. The largest absolute Gasteiger partial charge is 0.468 e. The average molecular weight is 222 g/mol. The van der Waals surface area contributed by atoms with Crippen molar-refractivity contribution < 1.29 is 4.42 Å². The molecule has 0 amide bonds. The number of nitrogens with zero attached hydrogens (tertiary/aromatic N) is 1. The molecule has 0 aliphatic heterocycles. The van der Waals surface area contributed by atoms with Gasteiger partial charge in [0.05, 0.1) is 17.8 Å². The summed E-state index contributed by atoms with van der Waals surface area (Å²) in [4.78, 5) is 5.50. The first-order valence-electron chi connectivity index (χ1n) is 4.94. The third-order valence-electron chi connectivity index (χ3n) is 2.23. The van der Waals surface area contributed by atoms with Crippen molar-refractivity contribution in [1.29, 1.82) is 0 Å². The van der Waals surface area contributed by atoms with Gasteiger partial charge in [0.15, 0.2) is 0 Å². The number of thiazole rings is 1. The van der Waals surface area contributed by atoms with Crippen molar-refractivity contribution >= 4 is 11.3 Å². The highest BCUT2D eigenvalue weighted by Crippen LogP contribution is 2.20. The molecule has 0 fully saturated rings. The quantitative estimate of drug-likeness (QED) is 0.864. The molecule has 3 nitrogen and oxygen atoms in total. The maximum absolute atomic E-state index is 5.25. The van der Waals surface area contributed by atoms with Crippen LogP contribution in [0.2, 0.25) is 0 Å². The zero-order chi connectivity index (χ0) is 10.7. The first-order valence-corrected chi connectivity index (χ1v) is 5.75. The summed E-state index contributed by atoms with van der Waals surface area (Å²) in [6, 6.07) is 4.19. The zero-order valence-electron chi connectivity index (χ0n) is 8.86. The van der Waals surface area contributed by atoms with Crippen LogP contribution in [-0.4, -0.2) is 4.98 Å². The lowest BCUT2D eigenvalue weighted by atomic mass is 10.3. The molecule has 0 saturated heterocycles. The number of aryl methyl sites for hydroxylation is 1. The molecule has 4 heteroatoms. The molecule has 15 heavy (non-hydrogen) atoms. The highest BCUT2D eigenvalue weighted by atomic mass is 32.1. The van der Waals surface area contributed by atoms with Crippen molar-refractivity contribution in [3.63, 3.8) is 0 Å². The predicted octanol–water partition coefficient (Wildman–Crippen LogP) is 2.90. The number of hydrogen-bond acceptors (Lipinski definition) is 4. The van der Waals surface area contributed by atoms with E-state index in [1.807, 2.05) is 25.3 Å². The van der Waals surface area contributed by atoms with E-state index in [4.69, 9.17) is 4.42 Å². The second-order valence-electron chi connectivity index (χ2n) is 3.46. The molecule has 0 aromatic carbocycles. The van der Waals surface area contributed by atoms with Gasteiger partial charge in [-0.2, -0.15) is 0 Å². The molecule has 0 bridgehead atoms. The Hall–Kier alpha value is -1.13. The Balaban J connectivity index is 1.90. The first-order chi connectivity index (χ1) is 7.25. The fourth-order valence-electron chi connectivity index (χ4n) is 1.35. The van der Waals surface area contributed by atoms with Crippen LogP contribution in [0.3, 0.4) is 0 Å². The third kappa shape index (κ3) is 2.67. The van der Waals surface area contributed by atoms with Gasteiger partial charge in [0.2, 0.25) is 0 Å². The summed E-state index contributed by atoms with van der Waals surface area (Å²) in [5.74, 6) is 0.961. The Morgan fingerprint density at radius 3 is 3.07 bits per heavy atom. The van der Waals surface area contributed by atoms with Gasteiger partial charge in [-0.1, -0.05) is 0 Å². The molecular weight excluding hydrogens is 208 g/mol. The van der Waals surface area contributed by atoms with E-state index in [0.29, 0.717) is 6.04 Å². The first kappa shape index (κ1) is 10.4. The van der Waals surface area contributed by atoms with Crippen LogP contribution >= 0.6 is 11.3 Å². The molecule has 1 unspecified atom stereocenters. The van der Waals surface area contributed by atoms with Gasteiger partial charge < -0.3 is 9.73 Å². The molecule has 0 spiro atoms. The van der Waals surface area contributed by atoms with Gasteiger partial charge >= 0.3 is 0 Å². The number of hydrogen-bond donors (Lipinski definition) is 1. The summed E-state index contributed by atoms with van der Waals surface area (Å²) in [5.41, 5.74) is 0. The Labute approximate surface area is 93.2 Å². The van der Waals surface area contributed by atoms with Gasteiger partial charge in [0, 0.05) is 17.1 Å². The molecule has 80 valence electrons. The van der Waals surface area contributed by atoms with E-state index in [1.54, 1.807) is 17.6 Å². The van der Waals surface area contributed by atoms with Gasteiger partial charge in [-0.15, -0.1) is 11.3 Å². The van der Waals surface area contributed by atoms with Crippen LogP contribution in [0.1, 0.15) is 28.6 Å². The summed E-state index contributed by atoms with van der Waals surface area (Å²) in [5, 5.41) is 4.50. The van der Waals surface area contributed by atoms with Crippen molar-refractivity contribution in [3.8, 4) is 0 Å². The monoisotopic (exact) mass is 222 g/mol. The molecule has 0 radical (unpaired) electrons. The van der Waals surface area contributed by atoms with E-state index in [0.717, 1.165) is 17.3 Å². The van der Waals surface area contributed by atoms with E-state index in [9.17, 15) is 0 Å². The fourth-order valence-corrected chi connectivity index (χ4v) is 2.16. The van der Waals surface area contributed by atoms with Crippen molar-refractivity contribution in [2.24, 2.45) is 0 Å². The number of rotatable bonds is 4. The van der Waals surface area contributed by atoms with Crippen LogP contribution in [0, 0.1) is 6.92 Å². The molecule has 2 heterocycles. The predicted molar refractivity (Wildman–Crippen MR) is 60.8 cm³/mol. The van der Waals surface area contributed by atoms with E-state index in [2.05, 4.69) is 17.2 Å². The van der Waals surface area contributed by atoms with Crippen molar-refractivity contribution in [1.82, 2.24) is 10.3 Å². The second kappa shape index (κ2) is 4.59. The maximum atomic E-state index is 5.25. The van der Waals surface area contributed by atoms with E-state index in [-0.39, 0.29) is 0 Å². The average Bonchev–Trinajstić information content (AvgIpc) is 2.84. The van der Waals surface area contributed by atoms with Crippen molar-refractivity contribution in [2.75, 3.05) is 0 Å². The van der Waals surface area contributed by atoms with Gasteiger partial charge in [0.1, 0.15) is 5.76 Å². The normalized spacial score (nSPS) is 12.9. The molecule has 2 rings (SSSR count). The molecular formula is C11H14N2OS. The summed E-state index contributed by atoms with van der Waals surface area (Å²) in [6.07, 6.45) is 3.62. The number of furan rings is 1. The van der Waals surface area contributed by atoms with Crippen molar-refractivity contribution in [2.45, 2.75) is 26.4 Å². The highest BCUT2D eigenvalue weighted by molar-refractivity contribution is 7.11. The Morgan fingerprint density at radius 1 is 1.60 bits per heavy atom. The standard InChI is InChI=1S/C11H14N2OS/c1-8(11-7-13-9(2)15-11)12-6-10-4-3-5-14-10/h3-5,7-8,12H,6H2,1-2H3. The topological polar surface area (TPSA) is 38.1 Å². The van der Waals surface area contributed by atoms with E-state index >= 15 is 0 Å². The lowest BCUT2D eigenvalue weighted by Gasteiger charge is -2.09. The number of nitrogens with one attached hydrogen (secondary N) is 1. The van der Waals surface area contributed by atoms with Gasteiger partial charge in [0.25, 0.3) is 0 Å². The summed E-state index contributed by atoms with van der Waals surface area (Å²) >= 11 is 1.73. The highest BCUT2D eigenvalue weighted by Gasteiger charge is 2.08. The van der Waals surface area contributed by atoms with E-state index < -0.39 is 0 Å². The van der Waals surface area contributed by atoms with Crippen molar-refractivity contribution in [3.05, 3.63) is 40.2 Å². The summed E-state index contributed by atoms with van der Waals surface area (Å²) in [7, 11) is 0. The van der Waals surface area contributed by atoms with Crippen LogP contribution < -0.4 is 5.32 Å². The Morgan fingerprint density at radius 2 is 2.47 bits per heavy atom. The van der Waals surface area contributed by atoms with Gasteiger partial charge in [-0.05, 0) is 26.0 Å². The maximum Gasteiger partial charge on any atom is 0.117 e. The molecule has 1 atom stereocenters. The van der Waals surface area contributed by atoms with Gasteiger partial charge in [-0.3, -0.25) is 0 Å². The van der Waals surface area contributed by atoms with Crippen LogP contribution in [0.25, 0.3) is 0 Å². The number of aromatic nitrogens is 1. The zero-order valence-corrected chi connectivity index (χ0v) is 9.67. The van der Waals surface area contributed by atoms with Crippen LogP contribution in [0.15, 0.2) is 29.0 Å². The van der Waals surface area contributed by atoms with Crippen LogP contribution in [-0.2, 0) is 6.54 Å². The Kier molecular flexibility index (Phi) is 3.18. The molecule has 2 aromatic rings. The molecule has 1 N–H and O–H groups in total. The smallest absolute Gasteiger partial charge is 0.117 e. The molecule has 2 aromatic heterocycles. The SMILES string of the molecule is Cc1ncc(C(C)NCc2ccco2)s1. The minimum atomic E-state index is 0.321. The second-order valence-corrected chi connectivity index (χ2v) is 4.73. The van der Waals surface area contributed by atoms with Gasteiger partial charge in [-0.25, -0.2) is 4.98 Å². The summed E-state index contributed by atoms with van der Waals surface area (Å²) in [6.45, 7) is 4.91. The van der Waals surface area contributed by atoms with Crippen LogP contribution in [0.5, 0.6) is 0 Å². The molecule has 0 saturated carbocycles. The lowest BCUT2D eigenvalue weighted by molar-refractivity contribution is 0.462. The minimum Gasteiger partial charge on any atom is -0.468 e. The summed E-state index contributed by atoms with van der Waals surface area (Å²) < 4.78 is 5.25. The molecule has 0 aliphatic rings. The van der Waals surface area contributed by atoms with Crippen LogP contribution in [0.4, 0.5) is 0 Å². The molecule has 0 aliphatic carbocycles. The Bertz CT molecular complexity index is 408. The van der Waals surface area contributed by atoms with E-state index in [1.165, 1.54) is 4.88 Å². The fraction of sp³-hybridized carbons (Fsp3) is 0.364. The third-order valence-corrected chi connectivity index (χ3v) is 3.32. The lowest BCUT2D eigenvalue weighted by Crippen LogP contribution is -2.16.